The van der Waals surface area contributed by atoms with Gasteiger partial charge in [-0.15, -0.1) is 11.3 Å². The number of amides is 1. The molecule has 3 aromatic rings. The topological polar surface area (TPSA) is 83.3 Å². The van der Waals surface area contributed by atoms with Crippen LogP contribution in [-0.2, 0) is 16.9 Å². The number of rotatable bonds is 7. The van der Waals surface area contributed by atoms with Crippen molar-refractivity contribution in [2.75, 3.05) is 18.4 Å². The van der Waals surface area contributed by atoms with Gasteiger partial charge >= 0.3 is 0 Å². The summed E-state index contributed by atoms with van der Waals surface area (Å²) in [5, 5.41) is 22.6. The molecule has 4 rings (SSSR count). The Kier molecular flexibility index (Phi) is 7.03. The van der Waals surface area contributed by atoms with Gasteiger partial charge in [0, 0.05) is 41.3 Å². The molecule has 0 spiro atoms. The molecular weight excluding hydrogens is 470 g/mol. The van der Waals surface area contributed by atoms with E-state index in [2.05, 4.69) is 15.4 Å². The largest absolute Gasteiger partial charge is 0.384 e. The molecule has 2 N–H and O–H groups in total. The van der Waals surface area contributed by atoms with Gasteiger partial charge in [0.15, 0.2) is 5.13 Å². The predicted octanol–water partition coefficient (Wildman–Crippen LogP) is 4.62. The van der Waals surface area contributed by atoms with E-state index < -0.39 is 17.1 Å². The minimum Gasteiger partial charge on any atom is -0.384 e. The van der Waals surface area contributed by atoms with Crippen molar-refractivity contribution in [3.63, 3.8) is 0 Å². The number of thiazole rings is 1. The highest BCUT2D eigenvalue weighted by molar-refractivity contribution is 7.13. The lowest BCUT2D eigenvalue weighted by atomic mass is 9.66. The van der Waals surface area contributed by atoms with Gasteiger partial charge in [-0.05, 0) is 36.1 Å². The number of hydrogen-bond donors (Lipinski definition) is 2. The van der Waals surface area contributed by atoms with Crippen LogP contribution in [0.2, 0.25) is 5.02 Å². The summed E-state index contributed by atoms with van der Waals surface area (Å²) in [5.41, 5.74) is 0.165. The molecule has 1 fully saturated rings. The smallest absolute Gasteiger partial charge is 0.245 e. The van der Waals surface area contributed by atoms with Crippen LogP contribution >= 0.6 is 22.9 Å². The average Bonchev–Trinajstić information content (AvgIpc) is 3.46. The highest BCUT2D eigenvalue weighted by Gasteiger charge is 2.50. The molecule has 9 heteroatoms. The molecule has 0 aliphatic carbocycles. The summed E-state index contributed by atoms with van der Waals surface area (Å²) in [7, 11) is 0. The summed E-state index contributed by atoms with van der Waals surface area (Å²) in [4.78, 5) is 20.1. The van der Waals surface area contributed by atoms with Crippen LogP contribution < -0.4 is 5.32 Å². The van der Waals surface area contributed by atoms with E-state index in [9.17, 15) is 9.90 Å². The molecular formula is C25H32ClN5O2S. The number of likely N-dealkylation sites (tertiary alicyclic amines) is 1. The number of nitrogens with zero attached hydrogens (tertiary/aromatic N) is 4. The number of carbonyl (C=O) groups is 1. The van der Waals surface area contributed by atoms with Gasteiger partial charge in [-0.25, -0.2) is 4.98 Å². The molecule has 2 atom stereocenters. The second-order valence-electron chi connectivity index (χ2n) is 9.97. The SMILES string of the molecule is CC(C)[C@@H](Nc1nc(Cn2cccn2)cs1)C(=O)N1CC[C@](O)(c2ccc(Cl)cc2)C(C)(C)C1. The zero-order chi connectivity index (χ0) is 24.5. The van der Waals surface area contributed by atoms with Crippen molar-refractivity contribution in [1.29, 1.82) is 0 Å². The standard InChI is InChI=1S/C25H32ClN5O2S/c1-17(2)21(29-23-28-20(15-34-23)14-31-12-5-11-27-31)22(32)30-13-10-25(33,24(3,4)16-30)18-6-8-19(26)9-7-18/h5-9,11-12,15,17,21,33H,10,13-14,16H2,1-4H3,(H,28,29)/t21-,25+/m1/s1. The Morgan fingerprint density at radius 1 is 1.29 bits per heavy atom. The second kappa shape index (κ2) is 9.68. The van der Waals surface area contributed by atoms with Gasteiger partial charge in [0.05, 0.1) is 17.8 Å². The van der Waals surface area contributed by atoms with Crippen LogP contribution in [0.4, 0.5) is 5.13 Å². The van der Waals surface area contributed by atoms with Crippen molar-refractivity contribution >= 4 is 34.0 Å². The van der Waals surface area contributed by atoms with Gasteiger partial charge in [-0.1, -0.05) is 51.4 Å². The summed E-state index contributed by atoms with van der Waals surface area (Å²) in [5.74, 6) is 0.108. The Hall–Kier alpha value is -2.42. The van der Waals surface area contributed by atoms with Gasteiger partial charge in [-0.3, -0.25) is 9.48 Å². The van der Waals surface area contributed by atoms with Gasteiger partial charge in [0.1, 0.15) is 6.04 Å². The Morgan fingerprint density at radius 3 is 2.65 bits per heavy atom. The normalized spacial score (nSPS) is 21.0. The number of nitrogens with one attached hydrogen (secondary N) is 1. The minimum atomic E-state index is -1.04. The van der Waals surface area contributed by atoms with Crippen LogP contribution in [0.25, 0.3) is 0 Å². The van der Waals surface area contributed by atoms with E-state index in [1.165, 1.54) is 11.3 Å². The van der Waals surface area contributed by atoms with Crippen LogP contribution in [0, 0.1) is 11.3 Å². The highest BCUT2D eigenvalue weighted by Crippen LogP contribution is 2.46. The van der Waals surface area contributed by atoms with Crippen molar-refractivity contribution in [3.8, 4) is 0 Å². The quantitative estimate of drug-likeness (QED) is 0.493. The van der Waals surface area contributed by atoms with Gasteiger partial charge in [0.25, 0.3) is 0 Å². The van der Waals surface area contributed by atoms with E-state index in [1.54, 1.807) is 18.3 Å². The highest BCUT2D eigenvalue weighted by atomic mass is 35.5. The third-order valence-corrected chi connectivity index (χ3v) is 7.80. The van der Waals surface area contributed by atoms with E-state index in [4.69, 9.17) is 11.6 Å². The lowest BCUT2D eigenvalue weighted by Gasteiger charge is -2.51. The molecule has 182 valence electrons. The molecule has 1 amide bonds. The Balaban J connectivity index is 1.46. The van der Waals surface area contributed by atoms with E-state index >= 15 is 0 Å². The number of anilines is 1. The summed E-state index contributed by atoms with van der Waals surface area (Å²) in [6.07, 6.45) is 4.10. The molecule has 0 bridgehead atoms. The maximum absolute atomic E-state index is 13.6. The molecule has 0 unspecified atom stereocenters. The lowest BCUT2D eigenvalue weighted by molar-refractivity contribution is -0.154. The fourth-order valence-corrected chi connectivity index (χ4v) is 5.49. The Bertz CT molecular complexity index is 1110. The monoisotopic (exact) mass is 501 g/mol. The van der Waals surface area contributed by atoms with E-state index in [0.717, 1.165) is 16.4 Å². The molecule has 3 heterocycles. The maximum Gasteiger partial charge on any atom is 0.245 e. The molecule has 2 aromatic heterocycles. The minimum absolute atomic E-state index is 0.0325. The van der Waals surface area contributed by atoms with Crippen molar-refractivity contribution in [1.82, 2.24) is 19.7 Å². The van der Waals surface area contributed by atoms with E-state index in [-0.39, 0.29) is 11.8 Å². The zero-order valence-corrected chi connectivity index (χ0v) is 21.6. The molecule has 34 heavy (non-hydrogen) atoms. The van der Waals surface area contributed by atoms with Crippen LogP contribution in [0.3, 0.4) is 0 Å². The molecule has 7 nitrogen and oxygen atoms in total. The number of halogens is 1. The Labute approximate surface area is 209 Å². The van der Waals surface area contributed by atoms with E-state index in [1.807, 2.05) is 67.1 Å². The number of aliphatic hydroxyl groups is 1. The molecule has 1 aliphatic heterocycles. The third kappa shape index (κ3) is 4.99. The van der Waals surface area contributed by atoms with Gasteiger partial charge < -0.3 is 15.3 Å². The van der Waals surface area contributed by atoms with Crippen molar-refractivity contribution in [2.24, 2.45) is 11.3 Å². The van der Waals surface area contributed by atoms with Crippen molar-refractivity contribution < 1.29 is 9.90 Å². The van der Waals surface area contributed by atoms with Crippen LogP contribution in [0.1, 0.15) is 45.4 Å². The second-order valence-corrected chi connectivity index (χ2v) is 11.3. The molecule has 1 aromatic carbocycles. The fourth-order valence-electron chi connectivity index (χ4n) is 4.62. The summed E-state index contributed by atoms with van der Waals surface area (Å²) in [6.45, 7) is 9.63. The fraction of sp³-hybridized carbons (Fsp3) is 0.480. The van der Waals surface area contributed by atoms with E-state index in [0.29, 0.717) is 31.1 Å². The number of carbonyl (C=O) groups excluding carboxylic acids is 1. The zero-order valence-electron chi connectivity index (χ0n) is 20.0. The van der Waals surface area contributed by atoms with Crippen LogP contribution in [0.15, 0.2) is 48.1 Å². The van der Waals surface area contributed by atoms with Crippen LogP contribution in [0.5, 0.6) is 0 Å². The van der Waals surface area contributed by atoms with Crippen molar-refractivity contribution in [3.05, 3.63) is 64.4 Å². The maximum atomic E-state index is 13.6. The predicted molar refractivity (Wildman–Crippen MR) is 136 cm³/mol. The first-order valence-electron chi connectivity index (χ1n) is 11.5. The molecule has 1 saturated heterocycles. The Morgan fingerprint density at radius 2 is 2.03 bits per heavy atom. The number of piperidine rings is 1. The molecule has 0 saturated carbocycles. The molecule has 1 aliphatic rings. The third-order valence-electron chi connectivity index (χ3n) is 6.73. The molecule has 0 radical (unpaired) electrons. The summed E-state index contributed by atoms with van der Waals surface area (Å²) in [6, 6.07) is 8.84. The van der Waals surface area contributed by atoms with Gasteiger partial charge in [0.2, 0.25) is 5.91 Å². The summed E-state index contributed by atoms with van der Waals surface area (Å²) >= 11 is 7.54. The lowest BCUT2D eigenvalue weighted by Crippen LogP contribution is -2.59. The first-order valence-corrected chi connectivity index (χ1v) is 12.8. The first-order chi connectivity index (χ1) is 16.1. The van der Waals surface area contributed by atoms with Crippen LogP contribution in [-0.4, -0.2) is 49.8 Å². The van der Waals surface area contributed by atoms with Gasteiger partial charge in [-0.2, -0.15) is 5.10 Å². The number of aromatic nitrogens is 3. The average molecular weight is 502 g/mol. The number of hydrogen-bond acceptors (Lipinski definition) is 6. The first kappa shape index (κ1) is 24.7. The number of benzene rings is 1. The van der Waals surface area contributed by atoms with Crippen molar-refractivity contribution in [2.45, 2.75) is 52.3 Å². The summed E-state index contributed by atoms with van der Waals surface area (Å²) < 4.78 is 1.82.